The first-order chi connectivity index (χ1) is 18.9. The van der Waals surface area contributed by atoms with Gasteiger partial charge in [-0.1, -0.05) is 20.3 Å². The molecule has 4 aliphatic rings. The van der Waals surface area contributed by atoms with Crippen molar-refractivity contribution in [1.82, 2.24) is 0 Å². The van der Waals surface area contributed by atoms with E-state index >= 15 is 0 Å². The maximum absolute atomic E-state index is 9.46. The van der Waals surface area contributed by atoms with Crippen molar-refractivity contribution in [1.29, 1.82) is 0 Å². The van der Waals surface area contributed by atoms with Crippen molar-refractivity contribution in [3.63, 3.8) is 0 Å². The highest BCUT2D eigenvalue weighted by atomic mass is 16.5. The van der Waals surface area contributed by atoms with Crippen molar-refractivity contribution in [3.8, 4) is 0 Å². The number of hydrogen-bond donors (Lipinski definition) is 4. The van der Waals surface area contributed by atoms with Crippen LogP contribution in [0.15, 0.2) is 0 Å². The molecule has 1 unspecified atom stereocenters. The van der Waals surface area contributed by atoms with Crippen LogP contribution >= 0.6 is 0 Å². The maximum atomic E-state index is 9.46. The van der Waals surface area contributed by atoms with E-state index < -0.39 is 0 Å². The van der Waals surface area contributed by atoms with Crippen LogP contribution in [0, 0.1) is 40.4 Å². The minimum atomic E-state index is 0.159. The fraction of sp³-hybridized carbons (Fsp3) is 1.00. The van der Waals surface area contributed by atoms with Crippen molar-refractivity contribution in [2.24, 2.45) is 57.6 Å². The Kier molecular flexibility index (Phi) is 12.0. The lowest BCUT2D eigenvalue weighted by molar-refractivity contribution is -0.225. The topological polar surface area (TPSA) is 126 Å². The molecule has 7 N–H and O–H groups in total. The Morgan fingerprint density at radius 3 is 2.13 bits per heavy atom. The zero-order valence-corrected chi connectivity index (χ0v) is 25.2. The predicted octanol–water partition coefficient (Wildman–Crippen LogP) is 4.23. The van der Waals surface area contributed by atoms with Gasteiger partial charge in [0.15, 0.2) is 0 Å². The molecule has 39 heavy (non-hydrogen) atoms. The van der Waals surface area contributed by atoms with E-state index in [1.807, 2.05) is 0 Å². The highest BCUT2D eigenvalue weighted by molar-refractivity contribution is 5.14. The molecular formula is C32H61N3O4. The molecule has 0 radical (unpaired) electrons. The second kappa shape index (κ2) is 14.8. The van der Waals surface area contributed by atoms with Gasteiger partial charge in [0.1, 0.15) is 0 Å². The van der Waals surface area contributed by atoms with E-state index in [4.69, 9.17) is 31.4 Å². The quantitative estimate of drug-likeness (QED) is 0.212. The minimum Gasteiger partial charge on any atom is -0.396 e. The van der Waals surface area contributed by atoms with Gasteiger partial charge in [-0.3, -0.25) is 0 Å². The summed E-state index contributed by atoms with van der Waals surface area (Å²) in [6.45, 7) is 9.83. The van der Waals surface area contributed by atoms with E-state index in [2.05, 4.69) is 13.8 Å². The van der Waals surface area contributed by atoms with Gasteiger partial charge in [0.25, 0.3) is 0 Å². The van der Waals surface area contributed by atoms with E-state index in [1.165, 1.54) is 25.7 Å². The first kappa shape index (κ1) is 31.7. The second-order valence-corrected chi connectivity index (χ2v) is 13.8. The third-order valence-electron chi connectivity index (χ3n) is 11.9. The van der Waals surface area contributed by atoms with Crippen LogP contribution in [-0.4, -0.2) is 69.5 Å². The summed E-state index contributed by atoms with van der Waals surface area (Å²) in [5.74, 6) is 3.09. The second-order valence-electron chi connectivity index (χ2n) is 13.8. The third kappa shape index (κ3) is 6.71. The first-order valence-electron chi connectivity index (χ1n) is 16.5. The molecule has 0 heterocycles. The molecule has 0 amide bonds. The van der Waals surface area contributed by atoms with Gasteiger partial charge in [0.05, 0.1) is 18.3 Å². The average molecular weight is 552 g/mol. The standard InChI is InChI=1S/C32H61N3O4/c1-31-12-11-25(37-17-5-13-33)20-24(31)21-28(38-18-6-14-34)30-26-10-9-23(8-3-4-16-36)32(26,2)29(22-27(30)31)39-19-7-15-35/h23-30,36H,3-22,33-35H2,1-2H3/t23-,24-,25+,26-,27?,28+,29-,30-,31-,32+/m0/s1. The summed E-state index contributed by atoms with van der Waals surface area (Å²) in [5.41, 5.74) is 18.0. The molecule has 10 atom stereocenters. The van der Waals surface area contributed by atoms with Crippen LogP contribution in [0.3, 0.4) is 0 Å². The summed E-state index contributed by atoms with van der Waals surface area (Å²) in [4.78, 5) is 0. The Morgan fingerprint density at radius 1 is 0.744 bits per heavy atom. The highest BCUT2D eigenvalue weighted by Crippen LogP contribution is 2.69. The van der Waals surface area contributed by atoms with Crippen LogP contribution in [0.1, 0.15) is 97.3 Å². The summed E-state index contributed by atoms with van der Waals surface area (Å²) in [6, 6.07) is 0. The van der Waals surface area contributed by atoms with Crippen LogP contribution in [0.5, 0.6) is 0 Å². The number of ether oxygens (including phenoxy) is 3. The number of hydrogen-bond acceptors (Lipinski definition) is 7. The van der Waals surface area contributed by atoms with E-state index in [-0.39, 0.29) is 11.5 Å². The lowest BCUT2D eigenvalue weighted by Crippen LogP contribution is -2.63. The molecule has 228 valence electrons. The molecule has 0 aromatic heterocycles. The van der Waals surface area contributed by atoms with E-state index in [0.29, 0.717) is 73.5 Å². The molecular weight excluding hydrogens is 490 g/mol. The van der Waals surface area contributed by atoms with Gasteiger partial charge in [0.2, 0.25) is 0 Å². The normalized spacial score (nSPS) is 41.7. The van der Waals surface area contributed by atoms with Gasteiger partial charge < -0.3 is 36.5 Å². The molecule has 0 aromatic carbocycles. The van der Waals surface area contributed by atoms with Gasteiger partial charge in [0, 0.05) is 26.4 Å². The smallest absolute Gasteiger partial charge is 0.0637 e. The summed E-state index contributed by atoms with van der Waals surface area (Å²) in [5, 5.41) is 9.46. The number of fused-ring (bicyclic) bond motifs is 5. The summed E-state index contributed by atoms with van der Waals surface area (Å²) >= 11 is 0. The lowest BCUT2D eigenvalue weighted by Gasteiger charge is -2.64. The van der Waals surface area contributed by atoms with Gasteiger partial charge in [-0.15, -0.1) is 0 Å². The summed E-state index contributed by atoms with van der Waals surface area (Å²) in [6.07, 6.45) is 15.3. The third-order valence-corrected chi connectivity index (χ3v) is 11.9. The largest absolute Gasteiger partial charge is 0.396 e. The van der Waals surface area contributed by atoms with Crippen molar-refractivity contribution in [3.05, 3.63) is 0 Å². The Balaban J connectivity index is 1.61. The predicted molar refractivity (Wildman–Crippen MR) is 157 cm³/mol. The molecule has 4 fully saturated rings. The van der Waals surface area contributed by atoms with Gasteiger partial charge in [-0.25, -0.2) is 0 Å². The molecule has 4 rings (SSSR count). The molecule has 0 bridgehead atoms. The van der Waals surface area contributed by atoms with Gasteiger partial charge >= 0.3 is 0 Å². The zero-order chi connectivity index (χ0) is 27.9. The number of unbranched alkanes of at least 4 members (excludes halogenated alkanes) is 1. The number of nitrogens with two attached hydrogens (primary N) is 3. The van der Waals surface area contributed by atoms with E-state index in [9.17, 15) is 5.11 Å². The van der Waals surface area contributed by atoms with E-state index in [0.717, 1.165) is 77.6 Å². The fourth-order valence-corrected chi connectivity index (χ4v) is 9.73. The van der Waals surface area contributed by atoms with Crippen LogP contribution < -0.4 is 17.2 Å². The highest BCUT2D eigenvalue weighted by Gasteiger charge is 2.66. The van der Waals surface area contributed by atoms with Gasteiger partial charge in [-0.05, 0) is 137 Å². The van der Waals surface area contributed by atoms with E-state index in [1.54, 1.807) is 0 Å². The molecule has 4 saturated carbocycles. The molecule has 0 spiro atoms. The monoisotopic (exact) mass is 551 g/mol. The van der Waals surface area contributed by atoms with Crippen LogP contribution in [-0.2, 0) is 14.2 Å². The Labute approximate surface area is 238 Å². The van der Waals surface area contributed by atoms with Crippen LogP contribution in [0.25, 0.3) is 0 Å². The summed E-state index contributed by atoms with van der Waals surface area (Å²) < 4.78 is 20.0. The molecule has 0 saturated heterocycles. The number of rotatable bonds is 16. The van der Waals surface area contributed by atoms with Crippen molar-refractivity contribution < 1.29 is 19.3 Å². The fourth-order valence-electron chi connectivity index (χ4n) is 9.73. The Hall–Kier alpha value is -0.280. The molecule has 0 aromatic rings. The zero-order valence-electron chi connectivity index (χ0n) is 25.2. The molecule has 7 heteroatoms. The van der Waals surface area contributed by atoms with Gasteiger partial charge in [-0.2, -0.15) is 0 Å². The van der Waals surface area contributed by atoms with Crippen molar-refractivity contribution in [2.75, 3.05) is 46.1 Å². The van der Waals surface area contributed by atoms with Crippen LogP contribution in [0.4, 0.5) is 0 Å². The maximum Gasteiger partial charge on any atom is 0.0637 e. The SMILES string of the molecule is C[C@@]12[C@@H](CCCCO)CC[C@H]1[C@H]1C(C[C@@H]2OCCCN)[C@@]2(C)CC[C@@H](OCCCN)C[C@H]2C[C@H]1OCCCN. The average Bonchev–Trinajstić information content (AvgIpc) is 3.27. The lowest BCUT2D eigenvalue weighted by atomic mass is 9.43. The minimum absolute atomic E-state index is 0.159. The summed E-state index contributed by atoms with van der Waals surface area (Å²) in [7, 11) is 0. The molecule has 7 nitrogen and oxygen atoms in total. The Morgan fingerprint density at radius 2 is 1.44 bits per heavy atom. The Bertz CT molecular complexity index is 728. The number of aliphatic hydroxyl groups excluding tert-OH is 1. The molecule has 0 aliphatic heterocycles. The van der Waals surface area contributed by atoms with Crippen molar-refractivity contribution >= 4 is 0 Å². The number of aliphatic hydroxyl groups is 1. The molecule has 4 aliphatic carbocycles. The van der Waals surface area contributed by atoms with Crippen molar-refractivity contribution in [2.45, 2.75) is 116 Å². The first-order valence-corrected chi connectivity index (χ1v) is 16.5. The van der Waals surface area contributed by atoms with Crippen LogP contribution in [0.2, 0.25) is 0 Å².